The van der Waals surface area contributed by atoms with Gasteiger partial charge in [-0.15, -0.1) is 0 Å². The van der Waals surface area contributed by atoms with E-state index in [0.29, 0.717) is 31.2 Å². The largest absolute Gasteiger partial charge is 0.462 e. The van der Waals surface area contributed by atoms with Crippen LogP contribution in [0.2, 0.25) is 0 Å². The van der Waals surface area contributed by atoms with Crippen LogP contribution in [0.25, 0.3) is 5.57 Å². The zero-order valence-corrected chi connectivity index (χ0v) is 21.6. The van der Waals surface area contributed by atoms with Gasteiger partial charge in [-0.2, -0.15) is 0 Å². The number of aromatic nitrogens is 2. The van der Waals surface area contributed by atoms with Gasteiger partial charge in [-0.3, -0.25) is 0 Å². The molecule has 0 saturated heterocycles. The van der Waals surface area contributed by atoms with Crippen LogP contribution >= 0.6 is 0 Å². The van der Waals surface area contributed by atoms with Crippen LogP contribution in [0.1, 0.15) is 59.7 Å². The van der Waals surface area contributed by atoms with Gasteiger partial charge in [-0.1, -0.05) is 54.6 Å². The van der Waals surface area contributed by atoms with E-state index >= 15 is 0 Å². The molecule has 1 aliphatic carbocycles. The number of esters is 1. The Balaban J connectivity index is 1.23. The zero-order valence-electron chi connectivity index (χ0n) is 21.6. The van der Waals surface area contributed by atoms with Gasteiger partial charge in [-0.05, 0) is 60.9 Å². The van der Waals surface area contributed by atoms with Crippen LogP contribution < -0.4 is 5.32 Å². The molecule has 0 unspecified atom stereocenters. The Morgan fingerprint density at radius 3 is 2.47 bits per heavy atom. The summed E-state index contributed by atoms with van der Waals surface area (Å²) in [5, 5.41) is 3.52. The molecule has 2 aromatic carbocycles. The number of nitrogens with zero attached hydrogens (tertiary/aromatic N) is 3. The fourth-order valence-corrected chi connectivity index (χ4v) is 4.87. The van der Waals surface area contributed by atoms with Crippen LogP contribution in [0.5, 0.6) is 0 Å². The summed E-state index contributed by atoms with van der Waals surface area (Å²) in [6, 6.07) is 18.3. The molecule has 0 spiro atoms. The predicted octanol–water partition coefficient (Wildman–Crippen LogP) is 5.57. The monoisotopic (exact) mass is 512 g/mol. The van der Waals surface area contributed by atoms with Crippen molar-refractivity contribution in [1.29, 1.82) is 0 Å². The summed E-state index contributed by atoms with van der Waals surface area (Å²) in [5.41, 5.74) is 4.64. The fraction of sp³-hybridized carbons (Fsp3) is 0.333. The minimum atomic E-state index is -0.422. The third-order valence-electron chi connectivity index (χ3n) is 7.18. The van der Waals surface area contributed by atoms with E-state index in [2.05, 4.69) is 45.6 Å². The SMILES string of the molecule is CCOC(=O)c1cnc(NC2(c3cccc(C4=CCN(C(=O)OCc5ccccc5)CC4)c3)CCC2)nc1. The number of hydrogen-bond acceptors (Lipinski definition) is 7. The molecule has 0 atom stereocenters. The van der Waals surface area contributed by atoms with Gasteiger partial charge in [0.1, 0.15) is 6.61 Å². The Morgan fingerprint density at radius 2 is 1.82 bits per heavy atom. The number of carbonyl (C=O) groups excluding carboxylic acids is 2. The van der Waals surface area contributed by atoms with Crippen LogP contribution in [-0.2, 0) is 21.6 Å². The van der Waals surface area contributed by atoms with E-state index in [1.54, 1.807) is 11.8 Å². The van der Waals surface area contributed by atoms with E-state index in [1.807, 2.05) is 30.3 Å². The Bertz CT molecular complexity index is 1300. The number of nitrogens with one attached hydrogen (secondary N) is 1. The van der Waals surface area contributed by atoms with E-state index in [-0.39, 0.29) is 18.2 Å². The molecule has 1 amide bonds. The van der Waals surface area contributed by atoms with E-state index in [4.69, 9.17) is 9.47 Å². The second-order valence-corrected chi connectivity index (χ2v) is 9.62. The summed E-state index contributed by atoms with van der Waals surface area (Å²) in [6.07, 6.45) is 8.65. The van der Waals surface area contributed by atoms with Gasteiger partial charge in [0.15, 0.2) is 0 Å². The number of carbonyl (C=O) groups is 2. The van der Waals surface area contributed by atoms with E-state index in [1.165, 1.54) is 23.5 Å². The van der Waals surface area contributed by atoms with Gasteiger partial charge >= 0.3 is 12.1 Å². The van der Waals surface area contributed by atoms with Crippen molar-refractivity contribution >= 4 is 23.6 Å². The number of ether oxygens (including phenoxy) is 2. The molecule has 1 N–H and O–H groups in total. The van der Waals surface area contributed by atoms with Crippen LogP contribution in [0, 0.1) is 0 Å². The molecule has 0 bridgehead atoms. The van der Waals surface area contributed by atoms with E-state index in [0.717, 1.165) is 36.8 Å². The smallest absolute Gasteiger partial charge is 0.410 e. The summed E-state index contributed by atoms with van der Waals surface area (Å²) in [4.78, 5) is 34.9. The zero-order chi connectivity index (χ0) is 26.4. The minimum absolute atomic E-state index is 0.246. The van der Waals surface area contributed by atoms with Crippen molar-refractivity contribution in [2.45, 2.75) is 44.8 Å². The van der Waals surface area contributed by atoms with Crippen molar-refractivity contribution in [3.8, 4) is 0 Å². The molecule has 8 heteroatoms. The van der Waals surface area contributed by atoms with Gasteiger partial charge in [0.2, 0.25) is 5.95 Å². The van der Waals surface area contributed by atoms with Crippen LogP contribution in [0.15, 0.2) is 73.1 Å². The van der Waals surface area contributed by atoms with Gasteiger partial charge in [-0.25, -0.2) is 19.6 Å². The highest BCUT2D eigenvalue weighted by molar-refractivity contribution is 5.88. The number of hydrogen-bond donors (Lipinski definition) is 1. The number of benzene rings is 2. The quantitative estimate of drug-likeness (QED) is 0.394. The first-order chi connectivity index (χ1) is 18.6. The molecule has 3 aromatic rings. The van der Waals surface area contributed by atoms with E-state index < -0.39 is 5.97 Å². The molecule has 38 heavy (non-hydrogen) atoms. The van der Waals surface area contributed by atoms with Crippen molar-refractivity contribution in [2.24, 2.45) is 0 Å². The topological polar surface area (TPSA) is 93.7 Å². The third kappa shape index (κ3) is 5.69. The predicted molar refractivity (Wildman–Crippen MR) is 144 cm³/mol. The first-order valence-corrected chi connectivity index (χ1v) is 13.1. The second kappa shape index (κ2) is 11.5. The minimum Gasteiger partial charge on any atom is -0.462 e. The lowest BCUT2D eigenvalue weighted by atomic mass is 9.71. The van der Waals surface area contributed by atoms with Crippen molar-refractivity contribution in [3.05, 3.63) is 95.3 Å². The highest BCUT2D eigenvalue weighted by Gasteiger charge is 2.39. The van der Waals surface area contributed by atoms with Gasteiger partial charge in [0.05, 0.1) is 17.7 Å². The number of rotatable bonds is 8. The summed E-state index contributed by atoms with van der Waals surface area (Å²) in [5.74, 6) is 0.0681. The molecule has 5 rings (SSSR count). The molecule has 196 valence electrons. The van der Waals surface area contributed by atoms with Gasteiger partial charge < -0.3 is 19.7 Å². The second-order valence-electron chi connectivity index (χ2n) is 9.62. The summed E-state index contributed by atoms with van der Waals surface area (Å²) >= 11 is 0. The lowest BCUT2D eigenvalue weighted by Crippen LogP contribution is -2.42. The van der Waals surface area contributed by atoms with Crippen LogP contribution in [0.3, 0.4) is 0 Å². The van der Waals surface area contributed by atoms with Gasteiger partial charge in [0, 0.05) is 25.5 Å². The standard InChI is InChI=1S/C30H32N4O4/c1-2-37-27(35)25-19-31-28(32-20-25)33-30(14-7-15-30)26-11-6-10-24(18-26)23-12-16-34(17-13-23)29(36)38-21-22-8-4-3-5-9-22/h3-6,8-12,18-20H,2,7,13-17,21H2,1H3,(H,31,32,33). The summed E-state index contributed by atoms with van der Waals surface area (Å²) in [7, 11) is 0. The maximum Gasteiger partial charge on any atom is 0.410 e. The Kier molecular flexibility index (Phi) is 7.67. The average Bonchev–Trinajstić information content (AvgIpc) is 2.95. The molecule has 1 aliphatic heterocycles. The Labute approximate surface area is 222 Å². The lowest BCUT2D eigenvalue weighted by Gasteiger charge is -2.43. The highest BCUT2D eigenvalue weighted by Crippen LogP contribution is 2.44. The fourth-order valence-electron chi connectivity index (χ4n) is 4.87. The maximum atomic E-state index is 12.5. The van der Waals surface area contributed by atoms with Crippen LogP contribution in [0.4, 0.5) is 10.7 Å². The molecule has 1 aromatic heterocycles. The Hall–Kier alpha value is -4.20. The summed E-state index contributed by atoms with van der Waals surface area (Å²) in [6.45, 7) is 3.50. The number of amides is 1. The normalized spacial score (nSPS) is 16.1. The van der Waals surface area contributed by atoms with Crippen molar-refractivity contribution in [1.82, 2.24) is 14.9 Å². The van der Waals surface area contributed by atoms with Gasteiger partial charge in [0.25, 0.3) is 0 Å². The molecular formula is C30H32N4O4. The first-order valence-electron chi connectivity index (χ1n) is 13.1. The molecular weight excluding hydrogens is 480 g/mol. The molecule has 0 radical (unpaired) electrons. The maximum absolute atomic E-state index is 12.5. The van der Waals surface area contributed by atoms with Crippen molar-refractivity contribution in [3.63, 3.8) is 0 Å². The van der Waals surface area contributed by atoms with Crippen molar-refractivity contribution in [2.75, 3.05) is 25.0 Å². The highest BCUT2D eigenvalue weighted by atomic mass is 16.6. The number of anilines is 1. The first kappa shape index (κ1) is 25.4. The lowest BCUT2D eigenvalue weighted by molar-refractivity contribution is 0.0525. The molecule has 2 heterocycles. The van der Waals surface area contributed by atoms with Crippen LogP contribution in [-0.4, -0.2) is 46.6 Å². The van der Waals surface area contributed by atoms with E-state index in [9.17, 15) is 9.59 Å². The molecule has 1 saturated carbocycles. The average molecular weight is 513 g/mol. The third-order valence-corrected chi connectivity index (χ3v) is 7.18. The Morgan fingerprint density at radius 1 is 1.03 bits per heavy atom. The molecule has 1 fully saturated rings. The molecule has 2 aliphatic rings. The molecule has 8 nitrogen and oxygen atoms in total. The van der Waals surface area contributed by atoms with Crippen molar-refractivity contribution < 1.29 is 19.1 Å². The summed E-state index contributed by atoms with van der Waals surface area (Å²) < 4.78 is 10.5.